The van der Waals surface area contributed by atoms with Crippen molar-refractivity contribution in [1.29, 1.82) is 4.78 Å². The van der Waals surface area contributed by atoms with Crippen LogP contribution in [0.15, 0.2) is 42.5 Å². The summed E-state index contributed by atoms with van der Waals surface area (Å²) >= 11 is 6.01. The Morgan fingerprint density at radius 1 is 1.07 bits per heavy atom. The van der Waals surface area contributed by atoms with Crippen LogP contribution < -0.4 is 5.32 Å². The van der Waals surface area contributed by atoms with Gasteiger partial charge in [0.1, 0.15) is 0 Å². The lowest BCUT2D eigenvalue weighted by Gasteiger charge is -2.17. The molecule has 0 aliphatic carbocycles. The maximum atomic E-state index is 12.7. The van der Waals surface area contributed by atoms with Crippen LogP contribution in [0.3, 0.4) is 0 Å². The minimum Gasteiger partial charge on any atom is -0.345 e. The largest absolute Gasteiger partial charge is 0.345 e. The summed E-state index contributed by atoms with van der Waals surface area (Å²) in [6.45, 7) is 8.00. The number of rotatable bonds is 3. The van der Waals surface area contributed by atoms with Crippen molar-refractivity contribution in [3.8, 4) is 0 Å². The van der Waals surface area contributed by atoms with E-state index in [1.54, 1.807) is 6.07 Å². The number of nitrogens with one attached hydrogen (secondary N) is 2. The Kier molecular flexibility index (Phi) is 7.47. The van der Waals surface area contributed by atoms with Crippen LogP contribution in [0.1, 0.15) is 45.7 Å². The molecule has 29 heavy (non-hydrogen) atoms. The molecule has 0 radical (unpaired) electrons. The van der Waals surface area contributed by atoms with Gasteiger partial charge in [0.25, 0.3) is 5.91 Å². The van der Waals surface area contributed by atoms with Gasteiger partial charge in [-0.3, -0.25) is 9.78 Å². The molecule has 0 saturated heterocycles. The third kappa shape index (κ3) is 6.10. The molecule has 6 nitrogen and oxygen atoms in total. The number of carbonyl (C=O) groups excluding carboxylic acids is 1. The van der Waals surface area contributed by atoms with Gasteiger partial charge < -0.3 is 5.32 Å². The van der Waals surface area contributed by atoms with Crippen LogP contribution in [0.5, 0.6) is 0 Å². The van der Waals surface area contributed by atoms with Crippen molar-refractivity contribution in [2.75, 3.05) is 0 Å². The molecule has 3 rings (SSSR count). The van der Waals surface area contributed by atoms with Crippen molar-refractivity contribution < 1.29 is 13.2 Å². The first-order valence-corrected chi connectivity index (χ1v) is 10.3. The number of aryl methyl sites for hydroxylation is 3. The summed E-state index contributed by atoms with van der Waals surface area (Å²) in [5.74, 6) is -0.118. The SMILES string of the molecule is Cc1ccc([C@@H](C)NC(=O)c2cc3ccc(Cl)cc3nc2C)cc1C.N=S(=O)=O. The molecular weight excluding hydrogens is 410 g/mol. The van der Waals surface area contributed by atoms with E-state index in [-0.39, 0.29) is 11.9 Å². The van der Waals surface area contributed by atoms with Gasteiger partial charge in [0.2, 0.25) is 0 Å². The van der Waals surface area contributed by atoms with Gasteiger partial charge >= 0.3 is 10.5 Å². The molecule has 0 unspecified atom stereocenters. The summed E-state index contributed by atoms with van der Waals surface area (Å²) in [5, 5.41) is 4.61. The quantitative estimate of drug-likeness (QED) is 0.613. The summed E-state index contributed by atoms with van der Waals surface area (Å²) < 4.78 is 22.8. The van der Waals surface area contributed by atoms with Gasteiger partial charge in [0.15, 0.2) is 0 Å². The molecule has 1 atom stereocenters. The van der Waals surface area contributed by atoms with E-state index in [1.165, 1.54) is 11.1 Å². The smallest absolute Gasteiger partial charge is 0.308 e. The first-order valence-electron chi connectivity index (χ1n) is 8.84. The number of hydrogen-bond donors (Lipinski definition) is 2. The second-order valence-electron chi connectivity index (χ2n) is 6.73. The van der Waals surface area contributed by atoms with Crippen molar-refractivity contribution >= 4 is 38.9 Å². The fourth-order valence-electron chi connectivity index (χ4n) is 2.86. The Morgan fingerprint density at radius 3 is 2.34 bits per heavy atom. The molecule has 0 aliphatic heterocycles. The van der Waals surface area contributed by atoms with Gasteiger partial charge in [0, 0.05) is 10.4 Å². The zero-order valence-electron chi connectivity index (χ0n) is 16.6. The fraction of sp³-hybridized carbons (Fsp3) is 0.238. The van der Waals surface area contributed by atoms with Crippen molar-refractivity contribution in [3.05, 3.63) is 75.4 Å². The van der Waals surface area contributed by atoms with Gasteiger partial charge in [-0.05, 0) is 62.6 Å². The minimum absolute atomic E-state index is 0.0767. The highest BCUT2D eigenvalue weighted by molar-refractivity contribution is 7.60. The molecule has 2 aromatic carbocycles. The van der Waals surface area contributed by atoms with E-state index in [4.69, 9.17) is 24.8 Å². The summed E-state index contributed by atoms with van der Waals surface area (Å²) in [6, 6.07) is 13.6. The summed E-state index contributed by atoms with van der Waals surface area (Å²) in [4.78, 5) is 17.3. The lowest BCUT2D eigenvalue weighted by Crippen LogP contribution is -2.27. The summed E-state index contributed by atoms with van der Waals surface area (Å²) in [7, 11) is -2.61. The number of nitrogens with zero attached hydrogens (tertiary/aromatic N) is 1. The van der Waals surface area contributed by atoms with Crippen LogP contribution in [0.2, 0.25) is 5.02 Å². The molecular formula is C21H22ClN3O3S. The van der Waals surface area contributed by atoms with Crippen LogP contribution in [-0.4, -0.2) is 19.3 Å². The monoisotopic (exact) mass is 431 g/mol. The van der Waals surface area contributed by atoms with Crippen LogP contribution >= 0.6 is 11.6 Å². The standard InChI is InChI=1S/C21H21ClN2O.HNO2S/c1-12-5-6-16(9-13(12)2)14(3)24-21(25)19-10-17-7-8-18(22)11-20(17)23-15(19)4;1-4(2)3/h5-11,14H,1-4H3,(H,24,25);1H/t14-;/m1./s1. The molecule has 1 heterocycles. The van der Waals surface area contributed by atoms with Crippen molar-refractivity contribution in [1.82, 2.24) is 10.3 Å². The first-order chi connectivity index (χ1) is 13.6. The third-order valence-electron chi connectivity index (χ3n) is 4.59. The topological polar surface area (TPSA) is 100.0 Å². The van der Waals surface area contributed by atoms with E-state index in [0.29, 0.717) is 16.3 Å². The molecule has 8 heteroatoms. The average Bonchev–Trinajstić information content (AvgIpc) is 2.62. The van der Waals surface area contributed by atoms with Crippen LogP contribution in [-0.2, 0) is 10.5 Å². The Bertz CT molecular complexity index is 1170. The maximum Gasteiger partial charge on any atom is 0.308 e. The predicted molar refractivity (Wildman–Crippen MR) is 115 cm³/mol. The van der Waals surface area contributed by atoms with Gasteiger partial charge in [-0.1, -0.05) is 35.9 Å². The maximum absolute atomic E-state index is 12.7. The molecule has 1 aromatic heterocycles. The van der Waals surface area contributed by atoms with Crippen LogP contribution in [0, 0.1) is 25.6 Å². The lowest BCUT2D eigenvalue weighted by atomic mass is 10.0. The summed E-state index contributed by atoms with van der Waals surface area (Å²) in [5.41, 5.74) is 5.64. The van der Waals surface area contributed by atoms with E-state index >= 15 is 0 Å². The van der Waals surface area contributed by atoms with E-state index in [0.717, 1.165) is 16.5 Å². The molecule has 0 fully saturated rings. The van der Waals surface area contributed by atoms with Crippen molar-refractivity contribution in [2.45, 2.75) is 33.7 Å². The van der Waals surface area contributed by atoms with Gasteiger partial charge in [-0.2, -0.15) is 13.2 Å². The van der Waals surface area contributed by atoms with E-state index in [1.807, 2.05) is 32.0 Å². The first kappa shape index (κ1) is 22.5. The second kappa shape index (κ2) is 9.62. The number of aromatic nitrogens is 1. The number of amides is 1. The highest BCUT2D eigenvalue weighted by Gasteiger charge is 2.15. The second-order valence-corrected chi connectivity index (χ2v) is 7.64. The molecule has 0 saturated carbocycles. The Balaban J connectivity index is 0.000000687. The van der Waals surface area contributed by atoms with E-state index < -0.39 is 10.5 Å². The van der Waals surface area contributed by atoms with Crippen molar-refractivity contribution in [2.24, 2.45) is 0 Å². The van der Waals surface area contributed by atoms with E-state index in [2.05, 4.69) is 42.3 Å². The van der Waals surface area contributed by atoms with Crippen LogP contribution in [0.4, 0.5) is 0 Å². The van der Waals surface area contributed by atoms with Crippen molar-refractivity contribution in [3.63, 3.8) is 0 Å². The Labute approximate surface area is 176 Å². The molecule has 3 aromatic rings. The average molecular weight is 432 g/mol. The normalized spacial score (nSPS) is 11.3. The molecule has 0 aliphatic rings. The highest BCUT2D eigenvalue weighted by Crippen LogP contribution is 2.22. The molecule has 152 valence electrons. The fourth-order valence-corrected chi connectivity index (χ4v) is 3.02. The van der Waals surface area contributed by atoms with Gasteiger partial charge in [0.05, 0.1) is 22.8 Å². The number of benzene rings is 2. The summed E-state index contributed by atoms with van der Waals surface area (Å²) in [6.07, 6.45) is 0. The molecule has 0 spiro atoms. The van der Waals surface area contributed by atoms with E-state index in [9.17, 15) is 4.79 Å². The molecule has 0 bridgehead atoms. The zero-order valence-corrected chi connectivity index (χ0v) is 18.1. The lowest BCUT2D eigenvalue weighted by molar-refractivity contribution is 0.0939. The highest BCUT2D eigenvalue weighted by atomic mass is 35.5. The number of carbonyl (C=O) groups is 1. The number of hydrogen-bond acceptors (Lipinski definition) is 5. The minimum atomic E-state index is -2.61. The molecule has 1 amide bonds. The number of fused-ring (bicyclic) bond motifs is 1. The van der Waals surface area contributed by atoms with Gasteiger partial charge in [-0.15, -0.1) is 0 Å². The van der Waals surface area contributed by atoms with Crippen LogP contribution in [0.25, 0.3) is 10.9 Å². The number of halogens is 1. The predicted octanol–water partition coefficient (Wildman–Crippen LogP) is 4.93. The molecule has 2 N–H and O–H groups in total. The zero-order chi connectivity index (χ0) is 21.7. The number of pyridine rings is 1. The third-order valence-corrected chi connectivity index (χ3v) is 4.83. The Hall–Kier alpha value is -2.77. The Morgan fingerprint density at radius 2 is 1.72 bits per heavy atom. The van der Waals surface area contributed by atoms with Gasteiger partial charge in [-0.25, -0.2) is 0 Å².